The number of carbonyl (C=O) groups excluding carboxylic acids is 1. The summed E-state index contributed by atoms with van der Waals surface area (Å²) in [7, 11) is 5.30. The zero-order chi connectivity index (χ0) is 26.9. The van der Waals surface area contributed by atoms with E-state index in [4.69, 9.17) is 9.47 Å². The van der Waals surface area contributed by atoms with E-state index in [1.165, 1.54) is 29.9 Å². The largest absolute Gasteiger partial charge is 0.496 e. The van der Waals surface area contributed by atoms with Gasteiger partial charge >= 0.3 is 5.97 Å². The minimum absolute atomic E-state index is 0.126. The number of hydrogen-bond acceptors (Lipinski definition) is 9. The highest BCUT2D eigenvalue weighted by molar-refractivity contribution is 7.07. The van der Waals surface area contributed by atoms with E-state index in [9.17, 15) is 19.7 Å². The van der Waals surface area contributed by atoms with Gasteiger partial charge in [0.15, 0.2) is 4.80 Å². The Labute approximate surface area is 216 Å². The number of thiazole rings is 1. The number of methoxy groups -OCH3 is 1. The van der Waals surface area contributed by atoms with Gasteiger partial charge in [0.25, 0.3) is 11.2 Å². The molecular formula is C26H26N4O6S. The number of fused-ring (bicyclic) bond motifs is 1. The lowest BCUT2D eigenvalue weighted by atomic mass is 9.95. The first-order valence-corrected chi connectivity index (χ1v) is 12.3. The lowest BCUT2D eigenvalue weighted by molar-refractivity contribution is -0.384. The molecule has 1 atom stereocenters. The Bertz CT molecular complexity index is 1580. The molecule has 0 saturated heterocycles. The zero-order valence-corrected chi connectivity index (χ0v) is 21.9. The van der Waals surface area contributed by atoms with Crippen LogP contribution in [0.1, 0.15) is 31.0 Å². The highest BCUT2D eigenvalue weighted by Crippen LogP contribution is 2.32. The maximum absolute atomic E-state index is 13.8. The predicted octanol–water partition coefficient (Wildman–Crippen LogP) is 2.78. The summed E-state index contributed by atoms with van der Waals surface area (Å²) in [5.41, 5.74) is 2.31. The lowest BCUT2D eigenvalue weighted by Gasteiger charge is -2.25. The van der Waals surface area contributed by atoms with Gasteiger partial charge in [0, 0.05) is 37.5 Å². The standard InChI is InChI=1S/C26H26N4O6S/c1-6-36-25(32)22-15(2)27-26-29(23(22)16-7-9-18(10-8-16)28(3)4)24(31)21(37-26)14-17-13-19(30(33)34)11-12-20(17)35-5/h7-14,23H,6H2,1-5H3/b21-14+/t23-/m0/s1. The van der Waals surface area contributed by atoms with Crippen LogP contribution in [0.4, 0.5) is 11.4 Å². The Balaban J connectivity index is 1.96. The average Bonchev–Trinajstić information content (AvgIpc) is 3.17. The summed E-state index contributed by atoms with van der Waals surface area (Å²) in [6, 6.07) is 11.0. The van der Waals surface area contributed by atoms with Crippen molar-refractivity contribution in [1.82, 2.24) is 4.57 Å². The van der Waals surface area contributed by atoms with E-state index < -0.39 is 16.9 Å². The van der Waals surface area contributed by atoms with Crippen LogP contribution in [-0.4, -0.2) is 43.3 Å². The number of nitrogens with zero attached hydrogens (tertiary/aromatic N) is 4. The number of ether oxygens (including phenoxy) is 2. The van der Waals surface area contributed by atoms with Crippen LogP contribution < -0.4 is 24.5 Å². The third kappa shape index (κ3) is 4.90. The van der Waals surface area contributed by atoms with E-state index in [-0.39, 0.29) is 23.4 Å². The molecule has 0 N–H and O–H groups in total. The molecule has 3 aromatic rings. The van der Waals surface area contributed by atoms with Crippen molar-refractivity contribution in [1.29, 1.82) is 0 Å². The topological polar surface area (TPSA) is 116 Å². The van der Waals surface area contributed by atoms with Gasteiger partial charge in [0.2, 0.25) is 0 Å². The third-order valence-electron chi connectivity index (χ3n) is 5.95. The molecule has 0 amide bonds. The van der Waals surface area contributed by atoms with Crippen molar-refractivity contribution >= 4 is 34.8 Å². The Hall–Kier alpha value is -4.25. The van der Waals surface area contributed by atoms with Gasteiger partial charge in [-0.3, -0.25) is 19.5 Å². The summed E-state index contributed by atoms with van der Waals surface area (Å²) in [6.07, 6.45) is 1.55. The smallest absolute Gasteiger partial charge is 0.338 e. The van der Waals surface area contributed by atoms with Crippen LogP contribution in [0.3, 0.4) is 0 Å². The molecule has 37 heavy (non-hydrogen) atoms. The number of hydrogen-bond donors (Lipinski definition) is 0. The van der Waals surface area contributed by atoms with Crippen LogP contribution >= 0.6 is 11.3 Å². The van der Waals surface area contributed by atoms with Crippen molar-refractivity contribution in [3.8, 4) is 5.75 Å². The Morgan fingerprint density at radius 2 is 1.95 bits per heavy atom. The van der Waals surface area contributed by atoms with Crippen LogP contribution in [-0.2, 0) is 9.53 Å². The number of benzene rings is 2. The Morgan fingerprint density at radius 3 is 2.54 bits per heavy atom. The fraction of sp³-hybridized carbons (Fsp3) is 0.269. The molecule has 1 aliphatic heterocycles. The van der Waals surface area contributed by atoms with Crippen molar-refractivity contribution < 1.29 is 19.2 Å². The van der Waals surface area contributed by atoms with Gasteiger partial charge in [0.05, 0.1) is 40.5 Å². The van der Waals surface area contributed by atoms with Crippen LogP contribution in [0.2, 0.25) is 0 Å². The van der Waals surface area contributed by atoms with Crippen molar-refractivity contribution in [2.24, 2.45) is 4.99 Å². The van der Waals surface area contributed by atoms with E-state index in [0.717, 1.165) is 22.6 Å². The fourth-order valence-corrected chi connectivity index (χ4v) is 5.19. The monoisotopic (exact) mass is 522 g/mol. The van der Waals surface area contributed by atoms with Crippen molar-refractivity contribution in [3.05, 3.63) is 94.7 Å². The zero-order valence-electron chi connectivity index (χ0n) is 21.0. The molecule has 0 radical (unpaired) electrons. The summed E-state index contributed by atoms with van der Waals surface area (Å²) in [6.45, 7) is 3.61. The van der Waals surface area contributed by atoms with Gasteiger partial charge < -0.3 is 14.4 Å². The predicted molar refractivity (Wildman–Crippen MR) is 141 cm³/mol. The summed E-state index contributed by atoms with van der Waals surface area (Å²) < 4.78 is 12.4. The molecule has 2 heterocycles. The molecule has 2 aromatic carbocycles. The van der Waals surface area contributed by atoms with Gasteiger partial charge in [0.1, 0.15) is 5.75 Å². The van der Waals surface area contributed by atoms with Crippen LogP contribution in [0, 0.1) is 10.1 Å². The summed E-state index contributed by atoms with van der Waals surface area (Å²) in [4.78, 5) is 44.5. The minimum atomic E-state index is -0.749. The SMILES string of the molecule is CCOC(=O)C1=C(C)N=c2s/c(=C/c3cc([N+](=O)[O-])ccc3OC)c(=O)n2[C@H]1c1ccc(N(C)C)cc1. The van der Waals surface area contributed by atoms with Crippen molar-refractivity contribution in [3.63, 3.8) is 0 Å². The number of carbonyl (C=O) groups is 1. The number of non-ortho nitro benzene ring substituents is 1. The second kappa shape index (κ2) is 10.4. The number of esters is 1. The Morgan fingerprint density at radius 1 is 1.24 bits per heavy atom. The van der Waals surface area contributed by atoms with E-state index in [1.807, 2.05) is 43.3 Å². The van der Waals surface area contributed by atoms with Crippen LogP contribution in [0.5, 0.6) is 5.75 Å². The quantitative estimate of drug-likeness (QED) is 0.266. The van der Waals surface area contributed by atoms with E-state index in [2.05, 4.69) is 4.99 Å². The summed E-state index contributed by atoms with van der Waals surface area (Å²) in [5, 5.41) is 11.3. The Kier molecular flexibility index (Phi) is 7.25. The van der Waals surface area contributed by atoms with Crippen LogP contribution in [0.25, 0.3) is 6.08 Å². The average molecular weight is 523 g/mol. The van der Waals surface area contributed by atoms with Crippen molar-refractivity contribution in [2.45, 2.75) is 19.9 Å². The molecule has 11 heteroatoms. The molecule has 0 unspecified atom stereocenters. The number of anilines is 1. The fourth-order valence-electron chi connectivity index (χ4n) is 4.15. The van der Waals surface area contributed by atoms with Gasteiger partial charge in [-0.2, -0.15) is 0 Å². The summed E-state index contributed by atoms with van der Waals surface area (Å²) >= 11 is 1.14. The molecule has 0 saturated carbocycles. The molecule has 0 aliphatic carbocycles. The first-order chi connectivity index (χ1) is 17.7. The van der Waals surface area contributed by atoms with Gasteiger partial charge in [-0.25, -0.2) is 9.79 Å². The molecule has 0 fully saturated rings. The molecule has 0 bridgehead atoms. The number of aromatic nitrogens is 1. The molecule has 1 aliphatic rings. The van der Waals surface area contributed by atoms with E-state index >= 15 is 0 Å². The van der Waals surface area contributed by atoms with Gasteiger partial charge in [-0.1, -0.05) is 23.5 Å². The maximum atomic E-state index is 13.8. The first kappa shape index (κ1) is 25.8. The number of nitro benzene ring substituents is 1. The van der Waals surface area contributed by atoms with E-state index in [0.29, 0.717) is 26.3 Å². The first-order valence-electron chi connectivity index (χ1n) is 11.5. The van der Waals surface area contributed by atoms with Gasteiger partial charge in [-0.15, -0.1) is 0 Å². The number of nitro groups is 1. The molecule has 0 spiro atoms. The van der Waals surface area contributed by atoms with Crippen molar-refractivity contribution in [2.75, 3.05) is 32.7 Å². The summed E-state index contributed by atoms with van der Waals surface area (Å²) in [5.74, 6) is -0.157. The maximum Gasteiger partial charge on any atom is 0.338 e. The molecule has 192 valence electrons. The normalized spacial score (nSPS) is 15.2. The highest BCUT2D eigenvalue weighted by atomic mass is 32.1. The minimum Gasteiger partial charge on any atom is -0.496 e. The molecule has 10 nitrogen and oxygen atoms in total. The molecular weight excluding hydrogens is 496 g/mol. The highest BCUT2D eigenvalue weighted by Gasteiger charge is 2.33. The second-order valence-electron chi connectivity index (χ2n) is 8.47. The number of allylic oxidation sites excluding steroid dienone is 1. The number of rotatable bonds is 7. The lowest BCUT2D eigenvalue weighted by Crippen LogP contribution is -2.40. The molecule has 4 rings (SSSR count). The third-order valence-corrected chi connectivity index (χ3v) is 6.94. The second-order valence-corrected chi connectivity index (χ2v) is 9.48. The van der Waals surface area contributed by atoms with E-state index in [1.54, 1.807) is 19.9 Å². The van der Waals surface area contributed by atoms with Crippen LogP contribution in [0.15, 0.2) is 63.5 Å². The molecule has 1 aromatic heterocycles. The van der Waals surface area contributed by atoms with Gasteiger partial charge in [-0.05, 0) is 43.7 Å².